The Bertz CT molecular complexity index is 1140. The lowest BCUT2D eigenvalue weighted by molar-refractivity contribution is -0.126. The Hall–Kier alpha value is -2.36. The molecule has 2 N–H and O–H groups in total. The van der Waals surface area contributed by atoms with Crippen LogP contribution >= 0.6 is 23.4 Å². The van der Waals surface area contributed by atoms with E-state index >= 15 is 0 Å². The Kier molecular flexibility index (Phi) is 8.51. The van der Waals surface area contributed by atoms with Crippen molar-refractivity contribution in [1.82, 2.24) is 25.1 Å². The van der Waals surface area contributed by atoms with Gasteiger partial charge in [-0.15, -0.1) is 0 Å². The third-order valence-electron chi connectivity index (χ3n) is 6.31. The maximum Gasteiger partial charge on any atom is 0.230 e. The number of aromatic nitrogens is 4. The van der Waals surface area contributed by atoms with Gasteiger partial charge in [-0.05, 0) is 30.5 Å². The van der Waals surface area contributed by atoms with Crippen LogP contribution in [0.25, 0.3) is 11.0 Å². The average molecular weight is 517 g/mol. The molecule has 10 heteroatoms. The molecular formula is C25H33ClN6O2S. The summed E-state index contributed by atoms with van der Waals surface area (Å²) >= 11 is 7.69. The summed E-state index contributed by atoms with van der Waals surface area (Å²) in [6, 6.07) is 7.70. The van der Waals surface area contributed by atoms with Gasteiger partial charge in [-0.2, -0.15) is 5.10 Å². The molecule has 0 atom stereocenters. The molecule has 0 spiro atoms. The molecule has 0 saturated heterocycles. The fourth-order valence-electron chi connectivity index (χ4n) is 4.61. The number of halogens is 1. The van der Waals surface area contributed by atoms with Crippen molar-refractivity contribution in [3.8, 4) is 0 Å². The largest absolute Gasteiger partial charge is 0.383 e. The van der Waals surface area contributed by atoms with Crippen molar-refractivity contribution < 1.29 is 9.53 Å². The lowest BCUT2D eigenvalue weighted by Crippen LogP contribution is -2.43. The normalized spacial score (nSPS) is 15.1. The van der Waals surface area contributed by atoms with Crippen LogP contribution in [0.5, 0.6) is 0 Å². The molecule has 8 nitrogen and oxygen atoms in total. The van der Waals surface area contributed by atoms with E-state index < -0.39 is 5.41 Å². The number of carbonyl (C=O) groups excluding carboxylic acids is 1. The molecule has 35 heavy (non-hydrogen) atoms. The van der Waals surface area contributed by atoms with Gasteiger partial charge in [0, 0.05) is 30.5 Å². The second-order valence-corrected chi connectivity index (χ2v) is 11.1. The topological polar surface area (TPSA) is 94.0 Å². The van der Waals surface area contributed by atoms with Crippen molar-refractivity contribution in [3.05, 3.63) is 41.0 Å². The summed E-state index contributed by atoms with van der Waals surface area (Å²) in [7, 11) is 1.67. The zero-order chi connectivity index (χ0) is 24.8. The van der Waals surface area contributed by atoms with E-state index in [-0.39, 0.29) is 5.91 Å². The van der Waals surface area contributed by atoms with E-state index in [0.29, 0.717) is 41.7 Å². The summed E-state index contributed by atoms with van der Waals surface area (Å²) < 4.78 is 7.00. The van der Waals surface area contributed by atoms with Gasteiger partial charge in [0.1, 0.15) is 5.82 Å². The minimum atomic E-state index is -0.488. The highest BCUT2D eigenvalue weighted by Gasteiger charge is 2.42. The third-order valence-corrected chi connectivity index (χ3v) is 7.43. The Labute approximate surface area is 215 Å². The highest BCUT2D eigenvalue weighted by molar-refractivity contribution is 7.99. The van der Waals surface area contributed by atoms with Gasteiger partial charge < -0.3 is 15.4 Å². The Morgan fingerprint density at radius 2 is 1.94 bits per heavy atom. The molecule has 3 aromatic rings. The van der Waals surface area contributed by atoms with Gasteiger partial charge in [-0.3, -0.25) is 4.79 Å². The van der Waals surface area contributed by atoms with Gasteiger partial charge in [0.2, 0.25) is 5.91 Å². The van der Waals surface area contributed by atoms with Crippen LogP contribution in [0.3, 0.4) is 0 Å². The van der Waals surface area contributed by atoms with Gasteiger partial charge >= 0.3 is 0 Å². The highest BCUT2D eigenvalue weighted by atomic mass is 35.5. The molecule has 0 radical (unpaired) electrons. The number of benzene rings is 1. The highest BCUT2D eigenvalue weighted by Crippen LogP contribution is 2.41. The standard InChI is InChI=1S/C25H33ClN6O2S/c1-17(2)35-24-30-21(27-13-15-34-3)20-16-29-32(22(20)31-24)14-12-28-23(33)25(10-4-5-11-25)18-6-8-19(26)9-7-18/h6-9,16-17H,4-5,10-15H2,1-3H3,(H,28,33)(H,27,30,31). The van der Waals surface area contributed by atoms with Crippen LogP contribution in [0.2, 0.25) is 5.02 Å². The maximum atomic E-state index is 13.4. The van der Waals surface area contributed by atoms with Gasteiger partial charge in [-0.1, -0.05) is 62.2 Å². The molecule has 1 fully saturated rings. The average Bonchev–Trinajstić information content (AvgIpc) is 3.48. The summed E-state index contributed by atoms with van der Waals surface area (Å²) in [4.78, 5) is 22.8. The Balaban J connectivity index is 1.49. The Morgan fingerprint density at radius 3 is 2.63 bits per heavy atom. The number of methoxy groups -OCH3 is 1. The van der Waals surface area contributed by atoms with Crippen LogP contribution in [0.1, 0.15) is 45.1 Å². The number of carbonyl (C=O) groups is 1. The van der Waals surface area contributed by atoms with Crippen molar-refractivity contribution in [1.29, 1.82) is 0 Å². The van der Waals surface area contributed by atoms with E-state index in [1.807, 2.05) is 28.9 Å². The molecule has 188 valence electrons. The lowest BCUT2D eigenvalue weighted by atomic mass is 9.78. The summed E-state index contributed by atoms with van der Waals surface area (Å²) in [5, 5.41) is 13.6. The minimum Gasteiger partial charge on any atom is -0.383 e. The molecule has 4 rings (SSSR count). The molecule has 0 aliphatic heterocycles. The van der Waals surface area contributed by atoms with Crippen LogP contribution in [-0.4, -0.2) is 57.7 Å². The zero-order valence-electron chi connectivity index (χ0n) is 20.5. The maximum absolute atomic E-state index is 13.4. The summed E-state index contributed by atoms with van der Waals surface area (Å²) in [5.41, 5.74) is 1.31. The first-order chi connectivity index (χ1) is 16.9. The van der Waals surface area contributed by atoms with Crippen LogP contribution in [0, 0.1) is 0 Å². The molecule has 2 aromatic heterocycles. The molecule has 2 heterocycles. The number of anilines is 1. The van der Waals surface area contributed by atoms with Crippen molar-refractivity contribution >= 4 is 46.1 Å². The number of nitrogens with zero attached hydrogens (tertiary/aromatic N) is 4. The van der Waals surface area contributed by atoms with E-state index in [1.54, 1.807) is 25.1 Å². The van der Waals surface area contributed by atoms with Gasteiger partial charge in [0.15, 0.2) is 10.8 Å². The van der Waals surface area contributed by atoms with E-state index in [0.717, 1.165) is 48.1 Å². The molecule has 1 amide bonds. The fourth-order valence-corrected chi connectivity index (χ4v) is 5.44. The second-order valence-electron chi connectivity index (χ2n) is 9.10. The lowest BCUT2D eigenvalue weighted by Gasteiger charge is -2.28. The first-order valence-electron chi connectivity index (χ1n) is 12.1. The predicted molar refractivity (Wildman–Crippen MR) is 141 cm³/mol. The minimum absolute atomic E-state index is 0.0707. The number of fused-ring (bicyclic) bond motifs is 1. The van der Waals surface area contributed by atoms with Crippen molar-refractivity contribution in [2.75, 3.05) is 32.1 Å². The van der Waals surface area contributed by atoms with Crippen molar-refractivity contribution in [2.24, 2.45) is 0 Å². The van der Waals surface area contributed by atoms with Crippen molar-refractivity contribution in [2.45, 2.75) is 61.9 Å². The van der Waals surface area contributed by atoms with Crippen LogP contribution in [0.4, 0.5) is 5.82 Å². The number of thioether (sulfide) groups is 1. The van der Waals surface area contributed by atoms with E-state index in [9.17, 15) is 4.79 Å². The molecule has 0 unspecified atom stereocenters. The van der Waals surface area contributed by atoms with Gasteiger partial charge in [0.05, 0.1) is 30.1 Å². The quantitative estimate of drug-likeness (QED) is 0.217. The molecule has 1 saturated carbocycles. The molecule has 1 aromatic carbocycles. The Morgan fingerprint density at radius 1 is 1.20 bits per heavy atom. The molecule has 0 bridgehead atoms. The first-order valence-corrected chi connectivity index (χ1v) is 13.4. The van der Waals surface area contributed by atoms with Gasteiger partial charge in [0.25, 0.3) is 0 Å². The number of nitrogens with one attached hydrogen (secondary N) is 2. The number of hydrogen-bond donors (Lipinski definition) is 2. The molecular weight excluding hydrogens is 484 g/mol. The summed E-state index contributed by atoms with van der Waals surface area (Å²) in [5.74, 6) is 0.819. The fraction of sp³-hybridized carbons (Fsp3) is 0.520. The van der Waals surface area contributed by atoms with Crippen LogP contribution in [0.15, 0.2) is 35.6 Å². The summed E-state index contributed by atoms with van der Waals surface area (Å²) in [6.45, 7) is 6.43. The SMILES string of the molecule is COCCNc1nc(SC(C)C)nc2c1cnn2CCNC(=O)C1(c2ccc(Cl)cc2)CCCC1. The van der Waals surface area contributed by atoms with Crippen LogP contribution in [-0.2, 0) is 21.5 Å². The first kappa shape index (κ1) is 25.7. The predicted octanol–water partition coefficient (Wildman–Crippen LogP) is 4.67. The second kappa shape index (κ2) is 11.6. The monoisotopic (exact) mass is 516 g/mol. The number of ether oxygens (including phenoxy) is 1. The van der Waals surface area contributed by atoms with Gasteiger partial charge in [-0.25, -0.2) is 14.6 Å². The van der Waals surface area contributed by atoms with Crippen molar-refractivity contribution in [3.63, 3.8) is 0 Å². The molecule has 1 aliphatic carbocycles. The van der Waals surface area contributed by atoms with E-state index in [4.69, 9.17) is 21.3 Å². The number of hydrogen-bond acceptors (Lipinski definition) is 7. The zero-order valence-corrected chi connectivity index (χ0v) is 22.1. The third kappa shape index (κ3) is 5.90. The number of rotatable bonds is 11. The summed E-state index contributed by atoms with van der Waals surface area (Å²) in [6.07, 6.45) is 5.58. The van der Waals surface area contributed by atoms with Crippen LogP contribution < -0.4 is 10.6 Å². The smallest absolute Gasteiger partial charge is 0.230 e. The van der Waals surface area contributed by atoms with E-state index in [2.05, 4.69) is 34.6 Å². The number of amides is 1. The van der Waals surface area contributed by atoms with E-state index in [1.165, 1.54) is 0 Å². The molecule has 1 aliphatic rings.